The fraction of sp³-hybridized carbons (Fsp3) is 0.500. The van der Waals surface area contributed by atoms with Crippen molar-refractivity contribution in [2.45, 2.75) is 31.9 Å². The number of hydrogen-bond donors (Lipinski definition) is 1. The summed E-state index contributed by atoms with van der Waals surface area (Å²) < 4.78 is 18.6. The van der Waals surface area contributed by atoms with E-state index in [1.165, 1.54) is 12.1 Å². The molecule has 0 radical (unpaired) electrons. The maximum atomic E-state index is 13.1. The van der Waals surface area contributed by atoms with E-state index < -0.39 is 0 Å². The lowest BCUT2D eigenvalue weighted by Crippen LogP contribution is -2.26. The van der Waals surface area contributed by atoms with Crippen LogP contribution in [0.5, 0.6) is 0 Å². The van der Waals surface area contributed by atoms with Crippen LogP contribution >= 0.6 is 0 Å². The zero-order valence-electron chi connectivity index (χ0n) is 8.87. The SMILES string of the molecule is Cc1ccc(F)cc1C(N)C1CCCO1. The molecule has 0 saturated carbocycles. The Bertz CT molecular complexity index is 347. The summed E-state index contributed by atoms with van der Waals surface area (Å²) in [5, 5.41) is 0. The van der Waals surface area contributed by atoms with Crippen LogP contribution < -0.4 is 5.73 Å². The Balaban J connectivity index is 2.23. The highest BCUT2D eigenvalue weighted by Gasteiger charge is 2.25. The summed E-state index contributed by atoms with van der Waals surface area (Å²) in [5.41, 5.74) is 7.97. The first kappa shape index (κ1) is 10.6. The smallest absolute Gasteiger partial charge is 0.123 e. The molecular weight excluding hydrogens is 193 g/mol. The van der Waals surface area contributed by atoms with Crippen molar-refractivity contribution in [2.24, 2.45) is 5.73 Å². The first-order valence-corrected chi connectivity index (χ1v) is 5.31. The number of hydrogen-bond acceptors (Lipinski definition) is 2. The van der Waals surface area contributed by atoms with E-state index in [0.717, 1.165) is 30.6 Å². The van der Waals surface area contributed by atoms with Gasteiger partial charge in [0.25, 0.3) is 0 Å². The van der Waals surface area contributed by atoms with Gasteiger partial charge < -0.3 is 10.5 Å². The Hall–Kier alpha value is -0.930. The normalized spacial score (nSPS) is 23.0. The summed E-state index contributed by atoms with van der Waals surface area (Å²) in [6.07, 6.45) is 2.06. The standard InChI is InChI=1S/C12H16FNO/c1-8-4-5-9(13)7-10(8)12(14)11-3-2-6-15-11/h4-5,7,11-12H,2-3,6,14H2,1H3. The van der Waals surface area contributed by atoms with Crippen molar-refractivity contribution in [1.82, 2.24) is 0 Å². The minimum absolute atomic E-state index is 0.0468. The number of nitrogens with two attached hydrogens (primary N) is 1. The van der Waals surface area contributed by atoms with Crippen LogP contribution in [0.4, 0.5) is 4.39 Å². The molecule has 0 bridgehead atoms. The number of benzene rings is 1. The second-order valence-electron chi connectivity index (χ2n) is 4.08. The van der Waals surface area contributed by atoms with Crippen molar-refractivity contribution in [3.8, 4) is 0 Å². The van der Waals surface area contributed by atoms with Gasteiger partial charge in [-0.2, -0.15) is 0 Å². The van der Waals surface area contributed by atoms with E-state index in [-0.39, 0.29) is 18.0 Å². The van der Waals surface area contributed by atoms with E-state index in [2.05, 4.69) is 0 Å². The Morgan fingerprint density at radius 1 is 1.53 bits per heavy atom. The monoisotopic (exact) mass is 209 g/mol. The molecule has 0 aromatic heterocycles. The van der Waals surface area contributed by atoms with Gasteiger partial charge in [0.1, 0.15) is 5.82 Å². The fourth-order valence-electron chi connectivity index (χ4n) is 2.06. The predicted molar refractivity (Wildman–Crippen MR) is 57.0 cm³/mol. The molecule has 2 atom stereocenters. The van der Waals surface area contributed by atoms with E-state index in [1.807, 2.05) is 6.92 Å². The minimum Gasteiger partial charge on any atom is -0.376 e. The van der Waals surface area contributed by atoms with Gasteiger partial charge in [-0.3, -0.25) is 0 Å². The summed E-state index contributed by atoms with van der Waals surface area (Å²) in [6, 6.07) is 4.53. The Kier molecular flexibility index (Phi) is 3.03. The summed E-state index contributed by atoms with van der Waals surface area (Å²) in [7, 11) is 0. The molecule has 2 N–H and O–H groups in total. The number of halogens is 1. The topological polar surface area (TPSA) is 35.2 Å². The maximum Gasteiger partial charge on any atom is 0.123 e. The Labute approximate surface area is 89.2 Å². The number of ether oxygens (including phenoxy) is 1. The largest absolute Gasteiger partial charge is 0.376 e. The zero-order chi connectivity index (χ0) is 10.8. The fourth-order valence-corrected chi connectivity index (χ4v) is 2.06. The lowest BCUT2D eigenvalue weighted by Gasteiger charge is -2.20. The van der Waals surface area contributed by atoms with Crippen molar-refractivity contribution in [3.05, 3.63) is 35.1 Å². The van der Waals surface area contributed by atoms with E-state index >= 15 is 0 Å². The third kappa shape index (κ3) is 2.19. The number of aryl methyl sites for hydroxylation is 1. The van der Waals surface area contributed by atoms with Gasteiger partial charge in [0.15, 0.2) is 0 Å². The molecule has 1 aliphatic rings. The Morgan fingerprint density at radius 2 is 2.33 bits per heavy atom. The van der Waals surface area contributed by atoms with Crippen LogP contribution in [0.25, 0.3) is 0 Å². The van der Waals surface area contributed by atoms with Gasteiger partial charge in [0.05, 0.1) is 12.1 Å². The van der Waals surface area contributed by atoms with Crippen LogP contribution in [-0.4, -0.2) is 12.7 Å². The highest BCUT2D eigenvalue weighted by molar-refractivity contribution is 5.30. The highest BCUT2D eigenvalue weighted by Crippen LogP contribution is 2.27. The summed E-state index contributed by atoms with van der Waals surface area (Å²) in [5.74, 6) is -0.232. The van der Waals surface area contributed by atoms with Gasteiger partial charge in [-0.05, 0) is 43.0 Å². The lowest BCUT2D eigenvalue weighted by atomic mass is 9.96. The average Bonchev–Trinajstić information content (AvgIpc) is 2.74. The molecule has 0 spiro atoms. The van der Waals surface area contributed by atoms with Gasteiger partial charge in [0.2, 0.25) is 0 Å². The average molecular weight is 209 g/mol. The van der Waals surface area contributed by atoms with Crippen molar-refractivity contribution in [1.29, 1.82) is 0 Å². The van der Waals surface area contributed by atoms with Crippen molar-refractivity contribution in [2.75, 3.05) is 6.61 Å². The molecule has 1 saturated heterocycles. The van der Waals surface area contributed by atoms with E-state index in [9.17, 15) is 4.39 Å². The summed E-state index contributed by atoms with van der Waals surface area (Å²) >= 11 is 0. The first-order valence-electron chi connectivity index (χ1n) is 5.31. The first-order chi connectivity index (χ1) is 7.18. The summed E-state index contributed by atoms with van der Waals surface area (Å²) in [6.45, 7) is 2.72. The van der Waals surface area contributed by atoms with Gasteiger partial charge in [0, 0.05) is 6.61 Å². The summed E-state index contributed by atoms with van der Waals surface area (Å²) in [4.78, 5) is 0. The van der Waals surface area contributed by atoms with E-state index in [4.69, 9.17) is 10.5 Å². The molecule has 1 heterocycles. The zero-order valence-corrected chi connectivity index (χ0v) is 8.87. The van der Waals surface area contributed by atoms with Crippen LogP contribution in [0.2, 0.25) is 0 Å². The molecule has 2 rings (SSSR count). The molecule has 3 heteroatoms. The van der Waals surface area contributed by atoms with Crippen molar-refractivity contribution >= 4 is 0 Å². The van der Waals surface area contributed by atoms with E-state index in [1.54, 1.807) is 6.07 Å². The second-order valence-corrected chi connectivity index (χ2v) is 4.08. The van der Waals surface area contributed by atoms with Gasteiger partial charge in [-0.15, -0.1) is 0 Å². The molecule has 2 unspecified atom stereocenters. The third-order valence-corrected chi connectivity index (χ3v) is 2.97. The maximum absolute atomic E-state index is 13.1. The molecule has 1 aliphatic heterocycles. The van der Waals surface area contributed by atoms with Crippen LogP contribution in [-0.2, 0) is 4.74 Å². The van der Waals surface area contributed by atoms with Gasteiger partial charge >= 0.3 is 0 Å². The third-order valence-electron chi connectivity index (χ3n) is 2.97. The predicted octanol–water partition coefficient (Wildman–Crippen LogP) is 2.31. The van der Waals surface area contributed by atoms with Crippen molar-refractivity contribution in [3.63, 3.8) is 0 Å². The van der Waals surface area contributed by atoms with Crippen LogP contribution in [0, 0.1) is 12.7 Å². The Morgan fingerprint density at radius 3 is 3.00 bits per heavy atom. The van der Waals surface area contributed by atoms with Crippen LogP contribution in [0.1, 0.15) is 30.0 Å². The molecule has 1 aromatic carbocycles. The molecule has 2 nitrogen and oxygen atoms in total. The molecule has 15 heavy (non-hydrogen) atoms. The highest BCUT2D eigenvalue weighted by atomic mass is 19.1. The molecule has 0 amide bonds. The van der Waals surface area contributed by atoms with Gasteiger partial charge in [-0.25, -0.2) is 4.39 Å². The number of rotatable bonds is 2. The van der Waals surface area contributed by atoms with E-state index in [0.29, 0.717) is 0 Å². The lowest BCUT2D eigenvalue weighted by molar-refractivity contribution is 0.0898. The molecule has 0 aliphatic carbocycles. The minimum atomic E-state index is -0.232. The molecular formula is C12H16FNO. The van der Waals surface area contributed by atoms with Crippen LogP contribution in [0.15, 0.2) is 18.2 Å². The second kappa shape index (κ2) is 4.29. The van der Waals surface area contributed by atoms with Gasteiger partial charge in [-0.1, -0.05) is 6.07 Å². The molecule has 1 fully saturated rings. The molecule has 82 valence electrons. The molecule has 1 aromatic rings. The van der Waals surface area contributed by atoms with Crippen molar-refractivity contribution < 1.29 is 9.13 Å². The quantitative estimate of drug-likeness (QED) is 0.811. The van der Waals surface area contributed by atoms with Crippen LogP contribution in [0.3, 0.4) is 0 Å².